The summed E-state index contributed by atoms with van der Waals surface area (Å²) in [5.74, 6) is 0.659. The molecule has 0 saturated carbocycles. The third-order valence-corrected chi connectivity index (χ3v) is 10.5. The standard InChI is InChI=1S/C48H30N4/c1-3-14-31(15-4-1)34-19-13-20-35(30-34)51-40-25-12-10-23-38(40)45-41(51)28-29-43-46(45)44-36-21-8-7-16-32(36)26-27-42(44)52(43)48-49-39-24-11-9-22-37(39)47(50-48)33-17-5-2-6-18-33/h1-30H. The molecule has 0 saturated heterocycles. The number of fused-ring (bicyclic) bond motifs is 10. The lowest BCUT2D eigenvalue weighted by molar-refractivity contribution is 1.01. The van der Waals surface area contributed by atoms with Crippen LogP contribution in [0.25, 0.3) is 99.3 Å². The van der Waals surface area contributed by atoms with E-state index in [0.717, 1.165) is 44.4 Å². The summed E-state index contributed by atoms with van der Waals surface area (Å²) in [5.41, 5.74) is 10.9. The van der Waals surface area contributed by atoms with Gasteiger partial charge in [0.1, 0.15) is 0 Å². The van der Waals surface area contributed by atoms with Gasteiger partial charge in [0.05, 0.1) is 33.3 Å². The summed E-state index contributed by atoms with van der Waals surface area (Å²) in [7, 11) is 0. The first-order chi connectivity index (χ1) is 25.8. The molecule has 0 aliphatic heterocycles. The van der Waals surface area contributed by atoms with Crippen molar-refractivity contribution < 1.29 is 0 Å². The van der Waals surface area contributed by atoms with E-state index in [-0.39, 0.29) is 0 Å². The third kappa shape index (κ3) is 4.21. The van der Waals surface area contributed by atoms with Gasteiger partial charge in [-0.1, -0.05) is 140 Å². The van der Waals surface area contributed by atoms with Crippen molar-refractivity contribution in [3.63, 3.8) is 0 Å². The Labute approximate surface area is 299 Å². The van der Waals surface area contributed by atoms with Gasteiger partial charge >= 0.3 is 0 Å². The zero-order chi connectivity index (χ0) is 34.2. The Morgan fingerprint density at radius 3 is 1.77 bits per heavy atom. The van der Waals surface area contributed by atoms with E-state index < -0.39 is 0 Å². The molecule has 0 bridgehead atoms. The number of hydrogen-bond acceptors (Lipinski definition) is 2. The van der Waals surface area contributed by atoms with Crippen LogP contribution in [0.5, 0.6) is 0 Å². The average molecular weight is 663 g/mol. The van der Waals surface area contributed by atoms with E-state index in [1.54, 1.807) is 0 Å². The Balaban J connectivity index is 1.29. The van der Waals surface area contributed by atoms with Crippen molar-refractivity contribution in [1.29, 1.82) is 0 Å². The summed E-state index contributed by atoms with van der Waals surface area (Å²) in [6.07, 6.45) is 0. The number of hydrogen-bond donors (Lipinski definition) is 0. The molecule has 0 fully saturated rings. The molecule has 3 aromatic heterocycles. The van der Waals surface area contributed by atoms with Gasteiger partial charge in [-0.3, -0.25) is 4.57 Å². The van der Waals surface area contributed by atoms with Crippen molar-refractivity contribution >= 4 is 65.3 Å². The summed E-state index contributed by atoms with van der Waals surface area (Å²) >= 11 is 0. The Morgan fingerprint density at radius 1 is 0.346 bits per heavy atom. The number of para-hydroxylation sites is 2. The molecule has 11 aromatic rings. The maximum absolute atomic E-state index is 5.37. The summed E-state index contributed by atoms with van der Waals surface area (Å²) in [4.78, 5) is 10.6. The quantitative estimate of drug-likeness (QED) is 0.188. The third-order valence-electron chi connectivity index (χ3n) is 10.5. The van der Waals surface area contributed by atoms with Crippen LogP contribution in [0.2, 0.25) is 0 Å². The van der Waals surface area contributed by atoms with Gasteiger partial charge in [0.25, 0.3) is 0 Å². The minimum absolute atomic E-state index is 0.659. The van der Waals surface area contributed by atoms with Crippen molar-refractivity contribution in [1.82, 2.24) is 19.1 Å². The van der Waals surface area contributed by atoms with E-state index in [1.165, 1.54) is 49.0 Å². The van der Waals surface area contributed by atoms with Crippen LogP contribution in [0, 0.1) is 0 Å². The normalized spacial score (nSPS) is 11.8. The molecule has 0 amide bonds. The first-order valence-electron chi connectivity index (χ1n) is 17.7. The predicted molar refractivity (Wildman–Crippen MR) is 217 cm³/mol. The fourth-order valence-electron chi connectivity index (χ4n) is 8.26. The Kier molecular flexibility index (Phi) is 6.22. The van der Waals surface area contributed by atoms with Gasteiger partial charge < -0.3 is 4.57 Å². The van der Waals surface area contributed by atoms with Crippen molar-refractivity contribution in [2.45, 2.75) is 0 Å². The van der Waals surface area contributed by atoms with Gasteiger partial charge in [0.2, 0.25) is 5.95 Å². The van der Waals surface area contributed by atoms with Crippen LogP contribution in [-0.2, 0) is 0 Å². The monoisotopic (exact) mass is 662 g/mol. The number of benzene rings is 8. The minimum atomic E-state index is 0.659. The maximum atomic E-state index is 5.37. The SMILES string of the molecule is c1ccc(-c2cccc(-n3c4ccccc4c4c5c6c7ccccc7ccc6n(-c6nc(-c7ccccc7)c7ccccc7n6)c5ccc43)c2)cc1. The fourth-order valence-corrected chi connectivity index (χ4v) is 8.26. The molecule has 3 heterocycles. The van der Waals surface area contributed by atoms with Gasteiger partial charge in [-0.2, -0.15) is 0 Å². The van der Waals surface area contributed by atoms with Gasteiger partial charge in [-0.05, 0) is 64.4 Å². The molecule has 0 aliphatic carbocycles. The van der Waals surface area contributed by atoms with Gasteiger partial charge in [0.15, 0.2) is 0 Å². The molecule has 4 nitrogen and oxygen atoms in total. The van der Waals surface area contributed by atoms with Crippen molar-refractivity contribution in [3.05, 3.63) is 182 Å². The molecule has 0 unspecified atom stereocenters. The Bertz CT molecular complexity index is 3170. The topological polar surface area (TPSA) is 35.6 Å². The highest BCUT2D eigenvalue weighted by Gasteiger charge is 2.23. The summed E-state index contributed by atoms with van der Waals surface area (Å²) in [6.45, 7) is 0. The van der Waals surface area contributed by atoms with Crippen LogP contribution in [0.15, 0.2) is 182 Å². The molecule has 0 spiro atoms. The predicted octanol–water partition coefficient (Wildman–Crippen LogP) is 12.3. The molecule has 0 N–H and O–H groups in total. The van der Waals surface area contributed by atoms with Gasteiger partial charge in [-0.25, -0.2) is 9.97 Å². The number of rotatable bonds is 4. The molecular weight excluding hydrogens is 633 g/mol. The summed E-state index contributed by atoms with van der Waals surface area (Å²) in [5, 5.41) is 8.30. The highest BCUT2D eigenvalue weighted by atomic mass is 15.2. The first kappa shape index (κ1) is 28.8. The van der Waals surface area contributed by atoms with Crippen molar-refractivity contribution in [2.24, 2.45) is 0 Å². The van der Waals surface area contributed by atoms with Crippen molar-refractivity contribution in [2.75, 3.05) is 0 Å². The van der Waals surface area contributed by atoms with Crippen LogP contribution in [0.1, 0.15) is 0 Å². The van der Waals surface area contributed by atoms with E-state index >= 15 is 0 Å². The van der Waals surface area contributed by atoms with Crippen LogP contribution in [0.3, 0.4) is 0 Å². The first-order valence-corrected chi connectivity index (χ1v) is 17.7. The Morgan fingerprint density at radius 2 is 0.942 bits per heavy atom. The number of nitrogens with zero attached hydrogens (tertiary/aromatic N) is 4. The van der Waals surface area contributed by atoms with E-state index in [9.17, 15) is 0 Å². The second-order valence-electron chi connectivity index (χ2n) is 13.4. The van der Waals surface area contributed by atoms with Crippen LogP contribution < -0.4 is 0 Å². The second kappa shape index (κ2) is 11.2. The van der Waals surface area contributed by atoms with Crippen molar-refractivity contribution in [3.8, 4) is 34.0 Å². The van der Waals surface area contributed by atoms with E-state index in [4.69, 9.17) is 9.97 Å². The fraction of sp³-hybridized carbons (Fsp3) is 0. The molecule has 4 heteroatoms. The zero-order valence-corrected chi connectivity index (χ0v) is 28.1. The largest absolute Gasteiger partial charge is 0.309 e. The van der Waals surface area contributed by atoms with E-state index in [0.29, 0.717) is 5.95 Å². The highest BCUT2D eigenvalue weighted by Crippen LogP contribution is 2.44. The molecule has 11 rings (SSSR count). The van der Waals surface area contributed by atoms with Crippen LogP contribution in [0.4, 0.5) is 0 Å². The lowest BCUT2D eigenvalue weighted by Gasteiger charge is -2.12. The molecular formula is C48H30N4. The maximum Gasteiger partial charge on any atom is 0.235 e. The van der Waals surface area contributed by atoms with E-state index in [2.05, 4.69) is 185 Å². The van der Waals surface area contributed by atoms with Crippen LogP contribution >= 0.6 is 0 Å². The summed E-state index contributed by atoms with van der Waals surface area (Å²) in [6, 6.07) is 64.8. The number of aromatic nitrogens is 4. The Hall–Kier alpha value is -7.04. The molecule has 8 aromatic carbocycles. The zero-order valence-electron chi connectivity index (χ0n) is 28.1. The molecule has 0 aliphatic rings. The van der Waals surface area contributed by atoms with Gasteiger partial charge in [0, 0.05) is 38.2 Å². The second-order valence-corrected chi connectivity index (χ2v) is 13.4. The lowest BCUT2D eigenvalue weighted by atomic mass is 10.0. The minimum Gasteiger partial charge on any atom is -0.309 e. The molecule has 242 valence electrons. The van der Waals surface area contributed by atoms with Crippen LogP contribution in [-0.4, -0.2) is 19.1 Å². The molecule has 0 radical (unpaired) electrons. The highest BCUT2D eigenvalue weighted by molar-refractivity contribution is 6.33. The lowest BCUT2D eigenvalue weighted by Crippen LogP contribution is -2.03. The molecule has 0 atom stereocenters. The summed E-state index contributed by atoms with van der Waals surface area (Å²) < 4.78 is 4.70. The molecule has 52 heavy (non-hydrogen) atoms. The average Bonchev–Trinajstić information content (AvgIpc) is 3.74. The smallest absolute Gasteiger partial charge is 0.235 e. The van der Waals surface area contributed by atoms with Gasteiger partial charge in [-0.15, -0.1) is 0 Å². The van der Waals surface area contributed by atoms with E-state index in [1.807, 2.05) is 6.07 Å².